The minimum atomic E-state index is -2.72. The van der Waals surface area contributed by atoms with Gasteiger partial charge >= 0.3 is 0 Å². The van der Waals surface area contributed by atoms with Crippen LogP contribution in [-0.2, 0) is 6.42 Å². The maximum Gasteiger partial charge on any atom is 0.299 e. The van der Waals surface area contributed by atoms with Crippen LogP contribution in [0.1, 0.15) is 17.8 Å². The smallest absolute Gasteiger partial charge is 0.299 e. The summed E-state index contributed by atoms with van der Waals surface area (Å²) >= 11 is 6.20. The van der Waals surface area contributed by atoms with E-state index in [-0.39, 0.29) is 0 Å². The van der Waals surface area contributed by atoms with Crippen LogP contribution in [0.15, 0.2) is 30.3 Å². The van der Waals surface area contributed by atoms with Crippen LogP contribution >= 0.6 is 11.6 Å². The molecule has 0 fully saturated rings. The van der Waals surface area contributed by atoms with Crippen LogP contribution in [0.5, 0.6) is 0 Å². The van der Waals surface area contributed by atoms with Gasteiger partial charge in [0.25, 0.3) is 6.43 Å². The molecule has 3 aromatic rings. The molecule has 0 saturated carbocycles. The van der Waals surface area contributed by atoms with Crippen molar-refractivity contribution < 1.29 is 8.78 Å². The van der Waals surface area contributed by atoms with Crippen molar-refractivity contribution in [2.75, 3.05) is 11.4 Å². The Hall–Kier alpha value is -2.28. The summed E-state index contributed by atoms with van der Waals surface area (Å²) in [5.41, 5.74) is 2.29. The molecule has 1 aromatic carbocycles. The van der Waals surface area contributed by atoms with E-state index in [0.29, 0.717) is 23.0 Å². The maximum atomic E-state index is 12.9. The number of hydrogen-bond donors (Lipinski definition) is 0. The molecular weight excluding hydrogens is 312 g/mol. The molecule has 0 unspecified atom stereocenters. The third-order valence-electron chi connectivity index (χ3n) is 3.71. The zero-order valence-corrected chi connectivity index (χ0v) is 12.0. The number of alkyl halides is 2. The highest BCUT2D eigenvalue weighted by molar-refractivity contribution is 6.31. The van der Waals surface area contributed by atoms with E-state index < -0.39 is 12.2 Å². The SMILES string of the molecule is FC(F)c1nnc2ccc(N3CCc4c(Cl)cccc43)nn12. The molecule has 5 nitrogen and oxygen atoms in total. The van der Waals surface area contributed by atoms with Crippen molar-refractivity contribution in [3.63, 3.8) is 0 Å². The molecule has 0 N–H and O–H groups in total. The van der Waals surface area contributed by atoms with Crippen molar-refractivity contribution in [3.8, 4) is 0 Å². The van der Waals surface area contributed by atoms with Gasteiger partial charge in [-0.2, -0.15) is 4.52 Å². The van der Waals surface area contributed by atoms with E-state index in [9.17, 15) is 8.78 Å². The molecule has 22 heavy (non-hydrogen) atoms. The number of anilines is 2. The predicted molar refractivity (Wildman–Crippen MR) is 77.9 cm³/mol. The summed E-state index contributed by atoms with van der Waals surface area (Å²) in [6.45, 7) is 0.698. The molecule has 4 rings (SSSR count). The Morgan fingerprint density at radius 1 is 1.14 bits per heavy atom. The van der Waals surface area contributed by atoms with Crippen LogP contribution in [0, 0.1) is 0 Å². The van der Waals surface area contributed by atoms with E-state index in [1.165, 1.54) is 0 Å². The molecule has 0 atom stereocenters. The van der Waals surface area contributed by atoms with E-state index in [2.05, 4.69) is 15.3 Å². The summed E-state index contributed by atoms with van der Waals surface area (Å²) in [4.78, 5) is 1.95. The fourth-order valence-corrected chi connectivity index (χ4v) is 2.97. The average molecular weight is 322 g/mol. The lowest BCUT2D eigenvalue weighted by Crippen LogP contribution is -2.16. The minimum absolute atomic E-state index is 0.296. The summed E-state index contributed by atoms with van der Waals surface area (Å²) in [5.74, 6) is 0.109. The predicted octanol–water partition coefficient (Wildman–Crippen LogP) is 3.41. The van der Waals surface area contributed by atoms with Crippen LogP contribution in [0.25, 0.3) is 5.65 Å². The van der Waals surface area contributed by atoms with Gasteiger partial charge in [0.1, 0.15) is 0 Å². The quantitative estimate of drug-likeness (QED) is 0.725. The first-order valence-corrected chi connectivity index (χ1v) is 7.08. The number of aromatic nitrogens is 4. The van der Waals surface area contributed by atoms with E-state index in [4.69, 9.17) is 11.6 Å². The third kappa shape index (κ3) is 1.93. The first-order valence-electron chi connectivity index (χ1n) is 6.70. The van der Waals surface area contributed by atoms with Crippen molar-refractivity contribution in [2.24, 2.45) is 0 Å². The Labute approximate surface area is 129 Å². The Bertz CT molecular complexity index is 864. The van der Waals surface area contributed by atoms with Crippen LogP contribution in [-0.4, -0.2) is 26.4 Å². The molecular formula is C14H10ClF2N5. The lowest BCUT2D eigenvalue weighted by molar-refractivity contribution is 0.137. The van der Waals surface area contributed by atoms with Crippen molar-refractivity contribution >= 4 is 28.8 Å². The number of hydrogen-bond acceptors (Lipinski definition) is 4. The average Bonchev–Trinajstić information content (AvgIpc) is 3.11. The van der Waals surface area contributed by atoms with E-state index in [1.54, 1.807) is 12.1 Å². The van der Waals surface area contributed by atoms with Gasteiger partial charge in [-0.3, -0.25) is 0 Å². The van der Waals surface area contributed by atoms with Crippen molar-refractivity contribution in [1.82, 2.24) is 19.8 Å². The molecule has 112 valence electrons. The molecule has 0 saturated heterocycles. The number of nitrogens with zero attached hydrogens (tertiary/aromatic N) is 5. The topological polar surface area (TPSA) is 46.3 Å². The Balaban J connectivity index is 1.83. The summed E-state index contributed by atoms with van der Waals surface area (Å²) in [6.07, 6.45) is -1.93. The summed E-state index contributed by atoms with van der Waals surface area (Å²) in [5, 5.41) is 12.1. The second kappa shape index (κ2) is 4.88. The van der Waals surface area contributed by atoms with E-state index in [1.807, 2.05) is 23.1 Å². The number of fused-ring (bicyclic) bond motifs is 2. The van der Waals surface area contributed by atoms with Crippen LogP contribution in [0.2, 0.25) is 5.02 Å². The molecule has 2 aromatic heterocycles. The van der Waals surface area contributed by atoms with Gasteiger partial charge in [0, 0.05) is 17.3 Å². The molecule has 0 aliphatic carbocycles. The van der Waals surface area contributed by atoms with Crippen molar-refractivity contribution in [3.05, 3.63) is 46.7 Å². The van der Waals surface area contributed by atoms with Crippen molar-refractivity contribution in [2.45, 2.75) is 12.8 Å². The normalized spacial score (nSPS) is 14.1. The van der Waals surface area contributed by atoms with Gasteiger partial charge in [-0.25, -0.2) is 8.78 Å². The van der Waals surface area contributed by atoms with Gasteiger partial charge in [0.2, 0.25) is 5.82 Å². The first kappa shape index (κ1) is 13.4. The molecule has 0 amide bonds. The number of rotatable bonds is 2. The van der Waals surface area contributed by atoms with Gasteiger partial charge in [0.15, 0.2) is 11.5 Å². The maximum absolute atomic E-state index is 12.9. The zero-order valence-electron chi connectivity index (χ0n) is 11.2. The van der Waals surface area contributed by atoms with Crippen molar-refractivity contribution in [1.29, 1.82) is 0 Å². The second-order valence-corrected chi connectivity index (χ2v) is 5.37. The minimum Gasteiger partial charge on any atom is -0.324 e. The lowest BCUT2D eigenvalue weighted by Gasteiger charge is -2.18. The Morgan fingerprint density at radius 2 is 2.00 bits per heavy atom. The van der Waals surface area contributed by atoms with Gasteiger partial charge in [-0.1, -0.05) is 17.7 Å². The van der Waals surface area contributed by atoms with Gasteiger partial charge in [0.05, 0.1) is 0 Å². The monoisotopic (exact) mass is 321 g/mol. The third-order valence-corrected chi connectivity index (χ3v) is 4.07. The fourth-order valence-electron chi connectivity index (χ4n) is 2.71. The van der Waals surface area contributed by atoms with Crippen LogP contribution < -0.4 is 4.90 Å². The van der Waals surface area contributed by atoms with Gasteiger partial charge in [-0.15, -0.1) is 15.3 Å². The largest absolute Gasteiger partial charge is 0.324 e. The zero-order chi connectivity index (χ0) is 15.3. The molecule has 3 heterocycles. The van der Waals surface area contributed by atoms with E-state index in [0.717, 1.165) is 22.2 Å². The Morgan fingerprint density at radius 3 is 2.82 bits per heavy atom. The number of benzene rings is 1. The fraction of sp³-hybridized carbons (Fsp3) is 0.214. The Kier molecular flexibility index (Phi) is 2.97. The molecule has 1 aliphatic rings. The van der Waals surface area contributed by atoms with Gasteiger partial charge in [-0.05, 0) is 36.2 Å². The summed E-state index contributed by atoms with van der Waals surface area (Å²) < 4.78 is 27.0. The molecule has 8 heteroatoms. The molecule has 0 bridgehead atoms. The second-order valence-electron chi connectivity index (χ2n) is 4.96. The molecule has 1 aliphatic heterocycles. The molecule has 0 spiro atoms. The highest BCUT2D eigenvalue weighted by Crippen LogP contribution is 2.37. The van der Waals surface area contributed by atoms with Gasteiger partial charge < -0.3 is 4.90 Å². The summed E-state index contributed by atoms with van der Waals surface area (Å²) in [7, 11) is 0. The van der Waals surface area contributed by atoms with E-state index >= 15 is 0 Å². The first-order chi connectivity index (χ1) is 10.6. The number of halogens is 3. The highest BCUT2D eigenvalue weighted by Gasteiger charge is 2.24. The summed E-state index contributed by atoms with van der Waals surface area (Å²) in [6, 6.07) is 9.02. The lowest BCUT2D eigenvalue weighted by atomic mass is 10.2. The van der Waals surface area contributed by atoms with Crippen LogP contribution in [0.4, 0.5) is 20.3 Å². The standard InChI is InChI=1S/C14H10ClF2N5/c15-9-2-1-3-10-8(9)6-7-21(10)12-5-4-11-18-19-14(13(16)17)22(11)20-12/h1-5,13H,6-7H2. The highest BCUT2D eigenvalue weighted by atomic mass is 35.5. The van der Waals surface area contributed by atoms with Crippen LogP contribution in [0.3, 0.4) is 0 Å². The molecule has 0 radical (unpaired) electrons.